The summed E-state index contributed by atoms with van der Waals surface area (Å²) in [5.41, 5.74) is 0. The van der Waals surface area contributed by atoms with Crippen LogP contribution in [0.25, 0.3) is 0 Å². The average Bonchev–Trinajstić information content (AvgIpc) is 2.37. The monoisotopic (exact) mass is 346 g/mol. The van der Waals surface area contributed by atoms with Crippen LogP contribution in [-0.2, 0) is 10.1 Å². The molecule has 0 aliphatic carbocycles. The third-order valence-electron chi connectivity index (χ3n) is 3.75. The number of rotatable bonds is 13. The van der Waals surface area contributed by atoms with Gasteiger partial charge in [0.1, 0.15) is 10.1 Å². The fraction of sp³-hybridized carbons (Fsp3) is 1.00. The molecule has 0 saturated heterocycles. The van der Waals surface area contributed by atoms with Gasteiger partial charge in [-0.15, -0.1) is 0 Å². The molecule has 0 aliphatic rings. The fourth-order valence-corrected chi connectivity index (χ4v) is 3.42. The normalized spacial score (nSPS) is 14.5. The van der Waals surface area contributed by atoms with Crippen LogP contribution in [0.15, 0.2) is 0 Å². The van der Waals surface area contributed by atoms with Gasteiger partial charge < -0.3 is 9.66 Å². The molecule has 122 valence electrons. The molecule has 0 radical (unpaired) electrons. The second-order valence-electron chi connectivity index (χ2n) is 5.65. The van der Waals surface area contributed by atoms with E-state index in [1.54, 1.807) is 0 Å². The van der Waals surface area contributed by atoms with Crippen molar-refractivity contribution in [3.63, 3.8) is 0 Å². The smallest absolute Gasteiger partial charge is 0.748 e. The van der Waals surface area contributed by atoms with Gasteiger partial charge in [-0.25, -0.2) is 8.42 Å². The number of aliphatic hydroxyl groups excluding tert-OH is 1. The molecular weight excluding hydrogens is 315 g/mol. The van der Waals surface area contributed by atoms with E-state index in [1.165, 1.54) is 0 Å². The average molecular weight is 347 g/mol. The van der Waals surface area contributed by atoms with Crippen molar-refractivity contribution in [1.29, 1.82) is 0 Å². The molecule has 21 heavy (non-hydrogen) atoms. The van der Waals surface area contributed by atoms with Crippen molar-refractivity contribution in [2.75, 3.05) is 0 Å². The van der Waals surface area contributed by atoms with E-state index in [-0.39, 0.29) is 51.4 Å². The predicted molar refractivity (Wildman–Crippen MR) is 81.6 cm³/mol. The Morgan fingerprint density at radius 3 is 1.76 bits per heavy atom. The molecule has 0 rings (SSSR count). The summed E-state index contributed by atoms with van der Waals surface area (Å²) >= 11 is 0. The molecule has 0 bridgehead atoms. The summed E-state index contributed by atoms with van der Waals surface area (Å²) in [5.74, 6) is 0. The van der Waals surface area contributed by atoms with Gasteiger partial charge in [-0.3, -0.25) is 0 Å². The van der Waals surface area contributed by atoms with E-state index in [0.29, 0.717) is 19.3 Å². The Balaban J connectivity index is 0. The van der Waals surface area contributed by atoms with E-state index in [2.05, 4.69) is 13.8 Å². The standard InChI is InChI=1S/C15H32O4S.K/c1-3-5-7-9-11-13-15(20(17,18)19)14(16)12-10-8-6-4-2;/h14-16H,3-13H2,1-2H3,(H,17,18,19);/q;+1/p-1. The zero-order valence-electron chi connectivity index (χ0n) is 14.0. The van der Waals surface area contributed by atoms with E-state index in [0.717, 1.165) is 51.4 Å². The Hall–Kier alpha value is 1.51. The van der Waals surface area contributed by atoms with Gasteiger partial charge in [-0.05, 0) is 12.8 Å². The molecule has 0 fully saturated rings. The molecule has 0 saturated carbocycles. The summed E-state index contributed by atoms with van der Waals surface area (Å²) < 4.78 is 33.8. The van der Waals surface area contributed by atoms with Crippen LogP contribution in [-0.4, -0.2) is 29.4 Å². The maximum absolute atomic E-state index is 11.3. The Morgan fingerprint density at radius 1 is 0.857 bits per heavy atom. The Morgan fingerprint density at radius 2 is 1.29 bits per heavy atom. The molecule has 0 aromatic heterocycles. The molecule has 0 aromatic carbocycles. The first-order chi connectivity index (χ1) is 9.43. The molecule has 0 amide bonds. The first-order valence-corrected chi connectivity index (χ1v) is 9.53. The van der Waals surface area contributed by atoms with Crippen LogP contribution in [0.1, 0.15) is 84.5 Å². The van der Waals surface area contributed by atoms with Crippen LogP contribution in [0.2, 0.25) is 0 Å². The van der Waals surface area contributed by atoms with Crippen molar-refractivity contribution in [3.05, 3.63) is 0 Å². The summed E-state index contributed by atoms with van der Waals surface area (Å²) in [7, 11) is -4.40. The zero-order chi connectivity index (χ0) is 15.4. The Kier molecular flexibility index (Phi) is 17.8. The number of hydrogen-bond acceptors (Lipinski definition) is 4. The first kappa shape index (κ1) is 24.8. The quantitative estimate of drug-likeness (QED) is 0.301. The molecule has 6 heteroatoms. The van der Waals surface area contributed by atoms with E-state index in [9.17, 15) is 18.1 Å². The van der Waals surface area contributed by atoms with Gasteiger partial charge in [0.15, 0.2) is 0 Å². The van der Waals surface area contributed by atoms with Crippen molar-refractivity contribution in [2.45, 2.75) is 95.8 Å². The van der Waals surface area contributed by atoms with Crippen LogP contribution < -0.4 is 51.4 Å². The zero-order valence-corrected chi connectivity index (χ0v) is 18.0. The Labute approximate surface area is 173 Å². The third kappa shape index (κ3) is 13.6. The number of unbranched alkanes of at least 4 members (excludes halogenated alkanes) is 7. The molecule has 1 N–H and O–H groups in total. The van der Waals surface area contributed by atoms with Crippen LogP contribution in [0, 0.1) is 0 Å². The topological polar surface area (TPSA) is 77.4 Å². The summed E-state index contributed by atoms with van der Waals surface area (Å²) in [6.07, 6.45) is 8.63. The second-order valence-corrected chi connectivity index (χ2v) is 7.24. The summed E-state index contributed by atoms with van der Waals surface area (Å²) in [5, 5.41) is 8.85. The molecule has 4 nitrogen and oxygen atoms in total. The van der Waals surface area contributed by atoms with Crippen molar-refractivity contribution in [2.24, 2.45) is 0 Å². The van der Waals surface area contributed by atoms with Crippen molar-refractivity contribution in [1.82, 2.24) is 0 Å². The van der Waals surface area contributed by atoms with Crippen LogP contribution >= 0.6 is 0 Å². The molecule has 0 aliphatic heterocycles. The molecular formula is C15H31KO4S. The summed E-state index contributed by atoms with van der Waals surface area (Å²) in [6, 6.07) is 0. The van der Waals surface area contributed by atoms with Crippen LogP contribution in [0.4, 0.5) is 0 Å². The van der Waals surface area contributed by atoms with Gasteiger partial charge in [0, 0.05) is 0 Å². The molecule has 0 aromatic rings. The first-order valence-electron chi connectivity index (χ1n) is 8.06. The minimum Gasteiger partial charge on any atom is -0.748 e. The Bertz CT molecular complexity index is 320. The maximum atomic E-state index is 11.3. The van der Waals surface area contributed by atoms with Gasteiger partial charge in [0.25, 0.3) is 0 Å². The van der Waals surface area contributed by atoms with Gasteiger partial charge in [0.05, 0.1) is 11.4 Å². The van der Waals surface area contributed by atoms with E-state index in [4.69, 9.17) is 0 Å². The summed E-state index contributed by atoms with van der Waals surface area (Å²) in [6.45, 7) is 4.21. The van der Waals surface area contributed by atoms with Crippen LogP contribution in [0.3, 0.4) is 0 Å². The summed E-state index contributed by atoms with van der Waals surface area (Å²) in [4.78, 5) is 0. The van der Waals surface area contributed by atoms with Crippen molar-refractivity contribution < 1.29 is 69.5 Å². The van der Waals surface area contributed by atoms with E-state index < -0.39 is 21.5 Å². The molecule has 0 spiro atoms. The van der Waals surface area contributed by atoms with Crippen molar-refractivity contribution in [3.8, 4) is 0 Å². The predicted octanol–water partition coefficient (Wildman–Crippen LogP) is 0.596. The molecule has 0 heterocycles. The maximum Gasteiger partial charge on any atom is 1.00 e. The number of hydrogen-bond donors (Lipinski definition) is 1. The minimum atomic E-state index is -4.40. The fourth-order valence-electron chi connectivity index (χ4n) is 2.44. The second kappa shape index (κ2) is 15.1. The third-order valence-corrected chi connectivity index (χ3v) is 5.04. The van der Waals surface area contributed by atoms with Crippen LogP contribution in [0.5, 0.6) is 0 Å². The van der Waals surface area contributed by atoms with E-state index in [1.807, 2.05) is 0 Å². The molecule has 2 atom stereocenters. The minimum absolute atomic E-state index is 0. The van der Waals surface area contributed by atoms with Gasteiger partial charge in [-0.1, -0.05) is 71.6 Å². The van der Waals surface area contributed by atoms with Gasteiger partial charge in [0.2, 0.25) is 0 Å². The number of aliphatic hydroxyl groups is 1. The van der Waals surface area contributed by atoms with E-state index >= 15 is 0 Å². The van der Waals surface area contributed by atoms with Gasteiger partial charge in [-0.2, -0.15) is 0 Å². The molecule has 2 unspecified atom stereocenters. The SMILES string of the molecule is CCCCCCCC(C(O)CCCCCC)S(=O)(=O)[O-].[K+]. The van der Waals surface area contributed by atoms with Crippen molar-refractivity contribution >= 4 is 10.1 Å². The van der Waals surface area contributed by atoms with Gasteiger partial charge >= 0.3 is 51.4 Å². The largest absolute Gasteiger partial charge is 1.00 e.